The number of thioether (sulfide) groups is 1. The largest absolute Gasteiger partial charge is 0.444 e. The van der Waals surface area contributed by atoms with Gasteiger partial charge >= 0.3 is 6.09 Å². The van der Waals surface area contributed by atoms with Gasteiger partial charge in [0.15, 0.2) is 0 Å². The fourth-order valence-corrected chi connectivity index (χ4v) is 4.56. The Morgan fingerprint density at radius 3 is 2.56 bits per heavy atom. The van der Waals surface area contributed by atoms with Gasteiger partial charge in [-0.25, -0.2) is 14.7 Å². The average molecular weight is 538 g/mol. The third-order valence-electron chi connectivity index (χ3n) is 4.97. The first-order chi connectivity index (χ1) is 17.0. The fourth-order valence-electron chi connectivity index (χ4n) is 3.36. The van der Waals surface area contributed by atoms with Crippen LogP contribution in [-0.4, -0.2) is 41.9 Å². The topological polar surface area (TPSA) is 97.0 Å². The van der Waals surface area contributed by atoms with Crippen LogP contribution in [0.3, 0.4) is 0 Å². The first-order valence-electron chi connectivity index (χ1n) is 11.4. The van der Waals surface area contributed by atoms with Crippen molar-refractivity contribution in [3.8, 4) is 0 Å². The quantitative estimate of drug-likeness (QED) is 0.377. The highest BCUT2D eigenvalue weighted by atomic mass is 35.5. The van der Waals surface area contributed by atoms with Crippen molar-refractivity contribution in [1.29, 1.82) is 0 Å². The molecule has 3 rings (SSSR count). The molecule has 2 N–H and O–H groups in total. The molecule has 194 valence electrons. The maximum atomic E-state index is 14.9. The number of ether oxygens (including phenoxy) is 1. The summed E-state index contributed by atoms with van der Waals surface area (Å²) < 4.78 is 20.2. The Hall–Kier alpha value is -2.82. The third-order valence-corrected chi connectivity index (χ3v) is 6.36. The van der Waals surface area contributed by atoms with E-state index in [1.54, 1.807) is 45.0 Å². The highest BCUT2D eigenvalue weighted by molar-refractivity contribution is 7.99. The average Bonchev–Trinajstić information content (AvgIpc) is 2.91. The molecule has 0 bridgehead atoms. The Balaban J connectivity index is 1.97. The predicted molar refractivity (Wildman–Crippen MR) is 137 cm³/mol. The molecule has 0 unspecified atom stereocenters. The van der Waals surface area contributed by atoms with Gasteiger partial charge in [-0.3, -0.25) is 14.4 Å². The highest BCUT2D eigenvalue weighted by Gasteiger charge is 2.34. The monoisotopic (exact) mass is 537 g/mol. The van der Waals surface area contributed by atoms with Crippen molar-refractivity contribution in [2.24, 2.45) is 0 Å². The second-order valence-electron chi connectivity index (χ2n) is 9.14. The summed E-state index contributed by atoms with van der Waals surface area (Å²) in [5.74, 6) is -1.80. The smallest absolute Gasteiger partial charge is 0.408 e. The van der Waals surface area contributed by atoms with Gasteiger partial charge in [-0.15, -0.1) is 11.8 Å². The van der Waals surface area contributed by atoms with Crippen LogP contribution in [0.5, 0.6) is 0 Å². The Labute approximate surface area is 218 Å². The van der Waals surface area contributed by atoms with Gasteiger partial charge in [0, 0.05) is 15.7 Å². The molecule has 0 spiro atoms. The summed E-state index contributed by atoms with van der Waals surface area (Å²) in [6, 6.07) is 8.51. The van der Waals surface area contributed by atoms with Crippen molar-refractivity contribution in [3.05, 3.63) is 58.4 Å². The van der Waals surface area contributed by atoms with Crippen LogP contribution in [0.15, 0.2) is 41.3 Å². The van der Waals surface area contributed by atoms with Crippen LogP contribution in [0.1, 0.15) is 50.0 Å². The van der Waals surface area contributed by atoms with Crippen LogP contribution in [0, 0.1) is 5.82 Å². The number of halogens is 2. The van der Waals surface area contributed by atoms with Crippen molar-refractivity contribution in [3.63, 3.8) is 0 Å². The SMILES string of the molecule is CCCONC(=O)c1cc2c(cc1F)SC[C@H](NC(=O)OC(C)(C)C)C(=O)N2Cc1ccc(Cl)cc1. The van der Waals surface area contributed by atoms with Crippen LogP contribution in [0.25, 0.3) is 0 Å². The van der Waals surface area contributed by atoms with Crippen molar-refractivity contribution >= 4 is 47.0 Å². The summed E-state index contributed by atoms with van der Waals surface area (Å²) in [7, 11) is 0. The molecule has 0 saturated carbocycles. The van der Waals surface area contributed by atoms with Crippen LogP contribution in [-0.2, 0) is 20.9 Å². The van der Waals surface area contributed by atoms with Gasteiger partial charge in [0.1, 0.15) is 17.5 Å². The number of fused-ring (bicyclic) bond motifs is 1. The van der Waals surface area contributed by atoms with E-state index in [1.807, 2.05) is 6.92 Å². The Morgan fingerprint density at radius 1 is 1.22 bits per heavy atom. The molecule has 11 heteroatoms. The van der Waals surface area contributed by atoms with Gasteiger partial charge < -0.3 is 15.0 Å². The van der Waals surface area contributed by atoms with Crippen molar-refractivity contribution in [2.75, 3.05) is 17.3 Å². The number of carbonyl (C=O) groups is 3. The standard InChI is InChI=1S/C25H29ClFN3O5S/c1-5-10-34-29-22(31)17-11-20-21(12-18(17)27)36-14-19(28-24(33)35-25(2,3)4)23(32)30(20)13-15-6-8-16(26)9-7-15/h6-9,11-12,19H,5,10,13-14H2,1-4H3,(H,28,33)(H,29,31)/t19-/m0/s1. The maximum absolute atomic E-state index is 14.9. The van der Waals surface area contributed by atoms with Gasteiger partial charge in [0.05, 0.1) is 24.4 Å². The number of anilines is 1. The van der Waals surface area contributed by atoms with Crippen LogP contribution < -0.4 is 15.7 Å². The van der Waals surface area contributed by atoms with Gasteiger partial charge in [0.2, 0.25) is 0 Å². The Morgan fingerprint density at radius 2 is 1.92 bits per heavy atom. The summed E-state index contributed by atoms with van der Waals surface area (Å²) in [6.45, 7) is 7.41. The van der Waals surface area contributed by atoms with Crippen molar-refractivity contribution in [1.82, 2.24) is 10.8 Å². The van der Waals surface area contributed by atoms with E-state index in [-0.39, 0.29) is 24.5 Å². The zero-order chi connectivity index (χ0) is 26.5. The lowest BCUT2D eigenvalue weighted by Gasteiger charge is -2.27. The van der Waals surface area contributed by atoms with Gasteiger partial charge in [0.25, 0.3) is 11.8 Å². The predicted octanol–water partition coefficient (Wildman–Crippen LogP) is 5.08. The summed E-state index contributed by atoms with van der Waals surface area (Å²) in [5.41, 5.74) is 2.31. The molecule has 0 fully saturated rings. The van der Waals surface area contributed by atoms with Gasteiger partial charge in [-0.1, -0.05) is 30.7 Å². The molecule has 1 aliphatic rings. The third kappa shape index (κ3) is 7.35. The number of rotatable bonds is 7. The zero-order valence-corrected chi connectivity index (χ0v) is 22.1. The molecule has 0 radical (unpaired) electrons. The van der Waals surface area contributed by atoms with E-state index in [0.717, 1.165) is 5.56 Å². The van der Waals surface area contributed by atoms with Crippen molar-refractivity contribution in [2.45, 2.75) is 57.2 Å². The lowest BCUT2D eigenvalue weighted by Crippen LogP contribution is -2.50. The number of hydrogen-bond acceptors (Lipinski definition) is 6. The van der Waals surface area contributed by atoms with Gasteiger partial charge in [-0.2, -0.15) is 0 Å². The summed E-state index contributed by atoms with van der Waals surface area (Å²) in [5, 5.41) is 3.16. The maximum Gasteiger partial charge on any atom is 0.408 e. The first-order valence-corrected chi connectivity index (χ1v) is 12.8. The zero-order valence-electron chi connectivity index (χ0n) is 20.5. The molecule has 2 aromatic carbocycles. The molecule has 1 atom stereocenters. The molecule has 8 nitrogen and oxygen atoms in total. The molecule has 1 aliphatic heterocycles. The molecular weight excluding hydrogens is 509 g/mol. The van der Waals surface area contributed by atoms with Crippen LogP contribution in [0.4, 0.5) is 14.9 Å². The van der Waals surface area contributed by atoms with E-state index < -0.39 is 35.4 Å². The molecule has 0 saturated heterocycles. The van der Waals surface area contributed by atoms with E-state index in [1.165, 1.54) is 28.8 Å². The molecule has 2 aromatic rings. The van der Waals surface area contributed by atoms with E-state index in [2.05, 4.69) is 10.8 Å². The number of carbonyl (C=O) groups excluding carboxylic acids is 3. The number of nitrogens with zero attached hydrogens (tertiary/aromatic N) is 1. The number of alkyl carbamates (subject to hydrolysis) is 1. The summed E-state index contributed by atoms with van der Waals surface area (Å²) >= 11 is 7.20. The summed E-state index contributed by atoms with van der Waals surface area (Å²) in [6.07, 6.45) is -0.0721. The Bertz CT molecular complexity index is 1120. The van der Waals surface area contributed by atoms with E-state index in [9.17, 15) is 18.8 Å². The number of amides is 3. The molecule has 36 heavy (non-hydrogen) atoms. The van der Waals surface area contributed by atoms with Gasteiger partial charge in [-0.05, 0) is 57.0 Å². The highest BCUT2D eigenvalue weighted by Crippen LogP contribution is 2.37. The fraction of sp³-hybridized carbons (Fsp3) is 0.400. The minimum Gasteiger partial charge on any atom is -0.444 e. The van der Waals surface area contributed by atoms with E-state index in [0.29, 0.717) is 22.0 Å². The molecule has 0 aromatic heterocycles. The number of hydrogen-bond donors (Lipinski definition) is 2. The number of benzene rings is 2. The molecule has 1 heterocycles. The minimum atomic E-state index is -0.947. The lowest BCUT2D eigenvalue weighted by molar-refractivity contribution is -0.120. The lowest BCUT2D eigenvalue weighted by atomic mass is 10.1. The number of hydroxylamine groups is 1. The molecule has 3 amide bonds. The van der Waals surface area contributed by atoms with Crippen molar-refractivity contribution < 1.29 is 28.3 Å². The van der Waals surface area contributed by atoms with Crippen LogP contribution >= 0.6 is 23.4 Å². The number of nitrogens with one attached hydrogen (secondary N) is 2. The molecule has 0 aliphatic carbocycles. The van der Waals surface area contributed by atoms with E-state index in [4.69, 9.17) is 21.2 Å². The minimum absolute atomic E-state index is 0.106. The second kappa shape index (κ2) is 11.9. The first kappa shape index (κ1) is 27.8. The van der Waals surface area contributed by atoms with Crippen LogP contribution in [0.2, 0.25) is 5.02 Å². The molecular formula is C25H29ClFN3O5S. The second-order valence-corrected chi connectivity index (χ2v) is 10.6. The Kier molecular flexibility index (Phi) is 9.21. The summed E-state index contributed by atoms with van der Waals surface area (Å²) in [4.78, 5) is 45.6. The normalized spacial score (nSPS) is 15.7. The van der Waals surface area contributed by atoms with E-state index >= 15 is 0 Å².